The molecular weight excluding hydrogens is 683 g/mol. The molecule has 0 radical (unpaired) electrons. The van der Waals surface area contributed by atoms with Crippen LogP contribution in [0.2, 0.25) is 0 Å². The molecule has 10 rings (SSSR count). The molecule has 0 aliphatic rings. The fourth-order valence-corrected chi connectivity index (χ4v) is 10.1. The van der Waals surface area contributed by atoms with E-state index in [1.165, 1.54) is 43.4 Å². The molecule has 0 fully saturated rings. The Labute approximate surface area is 327 Å². The number of aromatic nitrogens is 1. The molecule has 0 spiro atoms. The lowest BCUT2D eigenvalue weighted by Crippen LogP contribution is -2.28. The molecule has 0 saturated carbocycles. The predicted molar refractivity (Wildman–Crippen MR) is 240 cm³/mol. The Morgan fingerprint density at radius 2 is 1.02 bits per heavy atom. The highest BCUT2D eigenvalue weighted by molar-refractivity contribution is 6.50. The Morgan fingerprint density at radius 3 is 1.59 bits per heavy atom. The van der Waals surface area contributed by atoms with E-state index in [1.807, 2.05) is 0 Å². The molecule has 1 heterocycles. The molecular formula is C53H47NO2. The number of unbranched alkanes of at least 4 members (excludes halogenated alkanes) is 1. The zero-order valence-electron chi connectivity index (χ0n) is 33.7. The largest absolute Gasteiger partial charge is 0.268 e. The van der Waals surface area contributed by atoms with Gasteiger partial charge in [-0.2, -0.15) is 0 Å². The standard InChI is InChI=1S/C53H47NO2/c1-9-10-17-31-18-15-22-41(53(6,7)8)49(31)54-50(55)47-38-27-36(32-19-12-11-16-29(32)2)34-25-23-30-24-26-35-37(33-20-13-14-21-40(33)52(3,4)5)28-39(48(47)51(54)56)46-44(35)42(30)43(34)45(38)46/h11-16,18-28H,9-10,17H2,1-8H3. The number of rotatable bonds is 6. The van der Waals surface area contributed by atoms with Gasteiger partial charge in [0.2, 0.25) is 0 Å². The predicted octanol–water partition coefficient (Wildman–Crippen LogP) is 13.4. The van der Waals surface area contributed by atoms with Crippen molar-refractivity contribution in [1.29, 1.82) is 0 Å². The van der Waals surface area contributed by atoms with Gasteiger partial charge in [-0.25, -0.2) is 4.57 Å². The first-order valence-corrected chi connectivity index (χ1v) is 20.3. The van der Waals surface area contributed by atoms with Crippen LogP contribution in [0.25, 0.3) is 92.6 Å². The van der Waals surface area contributed by atoms with Gasteiger partial charge in [0, 0.05) is 0 Å². The van der Waals surface area contributed by atoms with Gasteiger partial charge < -0.3 is 0 Å². The molecule has 0 aliphatic carbocycles. The van der Waals surface area contributed by atoms with Crippen molar-refractivity contribution in [2.75, 3.05) is 0 Å². The summed E-state index contributed by atoms with van der Waals surface area (Å²) in [5, 5.41) is 12.1. The quantitative estimate of drug-likeness (QED) is 0.160. The maximum absolute atomic E-state index is 15.6. The van der Waals surface area contributed by atoms with E-state index < -0.39 is 0 Å². The number of hydrogen-bond acceptors (Lipinski definition) is 2. The molecule has 1 aromatic heterocycles. The Hall–Kier alpha value is -5.80. The van der Waals surface area contributed by atoms with Crippen LogP contribution >= 0.6 is 0 Å². The first-order chi connectivity index (χ1) is 26.8. The number of hydrogen-bond donors (Lipinski definition) is 0. The Balaban J connectivity index is 1.49. The number of aryl methyl sites for hydroxylation is 2. The number of nitrogens with zero attached hydrogens (tertiary/aromatic N) is 1. The summed E-state index contributed by atoms with van der Waals surface area (Å²) >= 11 is 0. The van der Waals surface area contributed by atoms with Crippen LogP contribution in [-0.4, -0.2) is 4.57 Å². The van der Waals surface area contributed by atoms with Crippen molar-refractivity contribution in [3.05, 3.63) is 146 Å². The van der Waals surface area contributed by atoms with E-state index in [-0.39, 0.29) is 21.9 Å². The van der Waals surface area contributed by atoms with Crippen molar-refractivity contribution in [2.24, 2.45) is 0 Å². The van der Waals surface area contributed by atoms with Gasteiger partial charge >= 0.3 is 0 Å². The van der Waals surface area contributed by atoms with Gasteiger partial charge in [0.25, 0.3) is 11.1 Å². The van der Waals surface area contributed by atoms with Crippen LogP contribution in [-0.2, 0) is 17.3 Å². The highest BCUT2D eigenvalue weighted by Gasteiger charge is 2.32. The molecule has 0 aliphatic heterocycles. The van der Waals surface area contributed by atoms with E-state index in [9.17, 15) is 0 Å². The lowest BCUT2D eigenvalue weighted by molar-refractivity contribution is 0.583. The van der Waals surface area contributed by atoms with E-state index >= 15 is 9.59 Å². The van der Waals surface area contributed by atoms with Gasteiger partial charge in [-0.05, 0) is 141 Å². The number of fused-ring (bicyclic) bond motifs is 3. The molecule has 9 aromatic carbocycles. The van der Waals surface area contributed by atoms with E-state index in [2.05, 4.69) is 159 Å². The minimum atomic E-state index is -0.294. The Morgan fingerprint density at radius 1 is 0.500 bits per heavy atom. The molecule has 56 heavy (non-hydrogen) atoms. The van der Waals surface area contributed by atoms with Gasteiger partial charge in [-0.15, -0.1) is 0 Å². The third-order valence-electron chi connectivity index (χ3n) is 12.7. The van der Waals surface area contributed by atoms with Crippen LogP contribution in [0.15, 0.2) is 113 Å². The summed E-state index contributed by atoms with van der Waals surface area (Å²) in [6.07, 6.45) is 2.79. The highest BCUT2D eigenvalue weighted by Crippen LogP contribution is 2.54. The van der Waals surface area contributed by atoms with Crippen molar-refractivity contribution in [3.8, 4) is 27.9 Å². The molecule has 3 heteroatoms. The van der Waals surface area contributed by atoms with Crippen LogP contribution < -0.4 is 11.1 Å². The van der Waals surface area contributed by atoms with Crippen molar-refractivity contribution in [3.63, 3.8) is 0 Å². The van der Waals surface area contributed by atoms with Crippen molar-refractivity contribution in [2.45, 2.75) is 85.5 Å². The van der Waals surface area contributed by atoms with Crippen LogP contribution in [0.3, 0.4) is 0 Å². The zero-order valence-corrected chi connectivity index (χ0v) is 33.7. The lowest BCUT2D eigenvalue weighted by atomic mass is 9.80. The maximum Gasteiger partial charge on any atom is 0.266 e. The highest BCUT2D eigenvalue weighted by atomic mass is 16.2. The summed E-state index contributed by atoms with van der Waals surface area (Å²) in [4.78, 5) is 31.3. The Bertz CT molecular complexity index is 3290. The third kappa shape index (κ3) is 4.64. The normalized spacial score (nSPS) is 13.0. The molecule has 0 unspecified atom stereocenters. The molecule has 0 saturated heterocycles. The summed E-state index contributed by atoms with van der Waals surface area (Å²) in [6, 6.07) is 37.1. The summed E-state index contributed by atoms with van der Waals surface area (Å²) < 4.78 is 1.56. The second kappa shape index (κ2) is 11.9. The lowest BCUT2D eigenvalue weighted by Gasteiger charge is -2.25. The molecule has 0 amide bonds. The van der Waals surface area contributed by atoms with Crippen LogP contribution in [0.5, 0.6) is 0 Å². The molecule has 3 nitrogen and oxygen atoms in total. The average Bonchev–Trinajstić information content (AvgIpc) is 3.67. The fraction of sp³-hybridized carbons (Fsp3) is 0.245. The van der Waals surface area contributed by atoms with Gasteiger partial charge in [0.1, 0.15) is 0 Å². The summed E-state index contributed by atoms with van der Waals surface area (Å²) in [5.74, 6) is 0. The summed E-state index contributed by atoms with van der Waals surface area (Å²) in [7, 11) is 0. The molecule has 0 bridgehead atoms. The first kappa shape index (κ1) is 34.7. The third-order valence-corrected chi connectivity index (χ3v) is 12.7. The van der Waals surface area contributed by atoms with Crippen LogP contribution in [0.4, 0.5) is 0 Å². The number of benzene rings is 8. The summed E-state index contributed by atoms with van der Waals surface area (Å²) in [5.41, 5.74) is 8.88. The SMILES string of the molecule is CCCCc1cccc(C(C)(C)C)c1-n1c(=O)c2c3cc(-c4ccccc4C)c4ccc5ccc6c(-c7ccccc7C(C)(C)C)cc(c2c1=O)c1c6c5c4c31. The number of para-hydroxylation sites is 1. The second-order valence-electron chi connectivity index (χ2n) is 18.2. The maximum atomic E-state index is 15.6. The van der Waals surface area contributed by atoms with Crippen molar-refractivity contribution >= 4 is 64.6 Å². The van der Waals surface area contributed by atoms with E-state index in [4.69, 9.17) is 0 Å². The molecule has 0 N–H and O–H groups in total. The van der Waals surface area contributed by atoms with Gasteiger partial charge in [0.15, 0.2) is 0 Å². The van der Waals surface area contributed by atoms with Gasteiger partial charge in [0.05, 0.1) is 16.5 Å². The topological polar surface area (TPSA) is 39.1 Å². The van der Waals surface area contributed by atoms with E-state index in [1.54, 1.807) is 4.57 Å². The molecule has 276 valence electrons. The Kier molecular flexibility index (Phi) is 7.34. The minimum Gasteiger partial charge on any atom is -0.268 e. The minimum absolute atomic E-state index is 0.117. The smallest absolute Gasteiger partial charge is 0.266 e. The fourth-order valence-electron chi connectivity index (χ4n) is 10.1. The molecule has 0 atom stereocenters. The zero-order chi connectivity index (χ0) is 39.0. The molecule has 10 aromatic rings. The second-order valence-corrected chi connectivity index (χ2v) is 18.2. The van der Waals surface area contributed by atoms with Gasteiger partial charge in [-0.3, -0.25) is 9.59 Å². The van der Waals surface area contributed by atoms with Crippen LogP contribution in [0, 0.1) is 6.92 Å². The van der Waals surface area contributed by atoms with Gasteiger partial charge in [-0.1, -0.05) is 146 Å². The van der Waals surface area contributed by atoms with Crippen molar-refractivity contribution < 1.29 is 0 Å². The average molecular weight is 730 g/mol. The summed E-state index contributed by atoms with van der Waals surface area (Å²) in [6.45, 7) is 17.7. The monoisotopic (exact) mass is 729 g/mol. The van der Waals surface area contributed by atoms with E-state index in [0.717, 1.165) is 79.9 Å². The first-order valence-electron chi connectivity index (χ1n) is 20.3. The van der Waals surface area contributed by atoms with Crippen LogP contribution in [0.1, 0.15) is 83.6 Å². The van der Waals surface area contributed by atoms with E-state index in [0.29, 0.717) is 10.8 Å². The van der Waals surface area contributed by atoms with Crippen molar-refractivity contribution in [1.82, 2.24) is 4.57 Å².